The molecule has 3 rings (SSSR count). The lowest BCUT2D eigenvalue weighted by molar-refractivity contribution is 0.140. The van der Waals surface area contributed by atoms with Gasteiger partial charge in [-0.25, -0.2) is 0 Å². The molecule has 1 aliphatic heterocycles. The van der Waals surface area contributed by atoms with Crippen LogP contribution in [-0.4, -0.2) is 19.8 Å². The average molecular weight is 303 g/mol. The van der Waals surface area contributed by atoms with Crippen LogP contribution < -0.4 is 15.2 Å². The number of fused-ring (bicyclic) bond motifs is 1. The maximum atomic E-state index is 6.22. The molecule has 0 atom stereocenters. The highest BCUT2D eigenvalue weighted by Gasteiger charge is 2.35. The zero-order valence-electron chi connectivity index (χ0n) is 14.2. The summed E-state index contributed by atoms with van der Waals surface area (Å²) in [5.74, 6) is 1.78. The van der Waals surface area contributed by atoms with Crippen LogP contribution in [0.3, 0.4) is 0 Å². The van der Waals surface area contributed by atoms with Crippen molar-refractivity contribution in [3.05, 3.63) is 23.3 Å². The number of rotatable bonds is 2. The summed E-state index contributed by atoms with van der Waals surface area (Å²) in [5, 5.41) is 0. The van der Waals surface area contributed by atoms with Gasteiger partial charge in [0.05, 0.1) is 13.2 Å². The fraction of sp³-hybridized carbons (Fsp3) is 0.684. The van der Waals surface area contributed by atoms with E-state index < -0.39 is 0 Å². The van der Waals surface area contributed by atoms with E-state index in [1.54, 1.807) is 0 Å². The van der Waals surface area contributed by atoms with Crippen LogP contribution in [0.4, 0.5) is 0 Å². The zero-order chi connectivity index (χ0) is 15.8. The Labute approximate surface area is 134 Å². The molecular formula is C19H29NO2. The van der Waals surface area contributed by atoms with Crippen LogP contribution in [0, 0.1) is 12.3 Å². The van der Waals surface area contributed by atoms with E-state index in [4.69, 9.17) is 15.2 Å². The molecule has 0 amide bonds. The number of hydrogen-bond acceptors (Lipinski definition) is 3. The third-order valence-electron chi connectivity index (χ3n) is 5.30. The fourth-order valence-corrected chi connectivity index (χ4v) is 3.86. The summed E-state index contributed by atoms with van der Waals surface area (Å²) in [6.45, 7) is 8.64. The smallest absolute Gasteiger partial charge is 0.161 e. The fourth-order valence-electron chi connectivity index (χ4n) is 3.86. The molecule has 0 saturated heterocycles. The summed E-state index contributed by atoms with van der Waals surface area (Å²) in [7, 11) is 0. The van der Waals surface area contributed by atoms with E-state index in [-0.39, 0.29) is 10.8 Å². The van der Waals surface area contributed by atoms with Crippen LogP contribution >= 0.6 is 0 Å². The monoisotopic (exact) mass is 303 g/mol. The van der Waals surface area contributed by atoms with Gasteiger partial charge in [-0.3, -0.25) is 0 Å². The van der Waals surface area contributed by atoms with E-state index >= 15 is 0 Å². The first-order valence-electron chi connectivity index (χ1n) is 8.57. The minimum absolute atomic E-state index is 0.0451. The van der Waals surface area contributed by atoms with Crippen molar-refractivity contribution >= 4 is 0 Å². The third-order valence-corrected chi connectivity index (χ3v) is 5.30. The number of nitrogens with two attached hydrogens (primary N) is 1. The average Bonchev–Trinajstić information content (AvgIpc) is 2.66. The van der Waals surface area contributed by atoms with E-state index in [0.29, 0.717) is 13.2 Å². The van der Waals surface area contributed by atoms with Crippen molar-refractivity contribution in [2.24, 2.45) is 11.1 Å². The summed E-state index contributed by atoms with van der Waals surface area (Å²) < 4.78 is 12.1. The van der Waals surface area contributed by atoms with E-state index in [9.17, 15) is 0 Å². The van der Waals surface area contributed by atoms with Crippen molar-refractivity contribution in [2.75, 3.05) is 19.8 Å². The first-order valence-corrected chi connectivity index (χ1v) is 8.57. The highest BCUT2D eigenvalue weighted by Crippen LogP contribution is 2.44. The second kappa shape index (κ2) is 5.77. The quantitative estimate of drug-likeness (QED) is 0.899. The molecule has 3 heteroatoms. The molecule has 0 spiro atoms. The Kier molecular flexibility index (Phi) is 4.11. The predicted octanol–water partition coefficient (Wildman–Crippen LogP) is 3.95. The van der Waals surface area contributed by atoms with Crippen LogP contribution in [-0.2, 0) is 5.41 Å². The number of aryl methyl sites for hydroxylation is 1. The van der Waals surface area contributed by atoms with Crippen molar-refractivity contribution < 1.29 is 9.47 Å². The lowest BCUT2D eigenvalue weighted by Gasteiger charge is -2.38. The van der Waals surface area contributed by atoms with Gasteiger partial charge in [0.15, 0.2) is 11.5 Å². The zero-order valence-corrected chi connectivity index (χ0v) is 14.2. The highest BCUT2D eigenvalue weighted by molar-refractivity contribution is 5.50. The molecule has 0 unspecified atom stereocenters. The van der Waals surface area contributed by atoms with E-state index in [1.165, 1.54) is 43.2 Å². The molecule has 1 saturated carbocycles. The van der Waals surface area contributed by atoms with Crippen LogP contribution in [0.15, 0.2) is 12.1 Å². The summed E-state index contributed by atoms with van der Waals surface area (Å²) in [6, 6.07) is 4.36. The Morgan fingerprint density at radius 2 is 1.59 bits per heavy atom. The standard InChI is InChI=1S/C19H29NO2/c1-14-9-16-17(22-13-18(2,3)12-21-16)10-15(14)19(11-20)7-5-4-6-8-19/h9-10H,4-8,11-13,20H2,1-3H3. The van der Waals surface area contributed by atoms with Crippen molar-refractivity contribution in [3.8, 4) is 11.5 Å². The van der Waals surface area contributed by atoms with Crippen molar-refractivity contribution in [1.82, 2.24) is 0 Å². The first-order chi connectivity index (χ1) is 10.5. The van der Waals surface area contributed by atoms with Gasteiger partial charge in [0.2, 0.25) is 0 Å². The van der Waals surface area contributed by atoms with Crippen LogP contribution in [0.1, 0.15) is 57.1 Å². The first kappa shape index (κ1) is 15.7. The molecule has 0 radical (unpaired) electrons. The molecule has 2 aliphatic rings. The van der Waals surface area contributed by atoms with Gasteiger partial charge in [-0.05, 0) is 43.0 Å². The molecular weight excluding hydrogens is 274 g/mol. The normalized spacial score (nSPS) is 22.9. The second-order valence-electron chi connectivity index (χ2n) is 7.90. The Bertz CT molecular complexity index is 545. The molecule has 22 heavy (non-hydrogen) atoms. The highest BCUT2D eigenvalue weighted by atomic mass is 16.5. The van der Waals surface area contributed by atoms with E-state index in [0.717, 1.165) is 18.0 Å². The summed E-state index contributed by atoms with van der Waals surface area (Å²) in [4.78, 5) is 0. The van der Waals surface area contributed by atoms with E-state index in [1.807, 2.05) is 0 Å². The number of ether oxygens (including phenoxy) is 2. The summed E-state index contributed by atoms with van der Waals surface area (Å²) in [6.07, 6.45) is 6.26. The van der Waals surface area contributed by atoms with Gasteiger partial charge < -0.3 is 15.2 Å². The lowest BCUT2D eigenvalue weighted by atomic mass is 9.68. The van der Waals surface area contributed by atoms with E-state index in [2.05, 4.69) is 32.9 Å². The topological polar surface area (TPSA) is 44.5 Å². The Morgan fingerprint density at radius 3 is 2.18 bits per heavy atom. The molecule has 0 bridgehead atoms. The van der Waals surface area contributed by atoms with Crippen LogP contribution in [0.2, 0.25) is 0 Å². The molecule has 1 aromatic carbocycles. The minimum atomic E-state index is 0.0451. The Morgan fingerprint density at radius 1 is 1.00 bits per heavy atom. The van der Waals surface area contributed by atoms with Gasteiger partial charge in [0.25, 0.3) is 0 Å². The van der Waals surface area contributed by atoms with Crippen LogP contribution in [0.5, 0.6) is 11.5 Å². The summed E-state index contributed by atoms with van der Waals surface area (Å²) in [5.41, 5.74) is 9.05. The Hall–Kier alpha value is -1.22. The Balaban J connectivity index is 1.99. The molecule has 1 aromatic rings. The third kappa shape index (κ3) is 2.83. The van der Waals surface area contributed by atoms with Gasteiger partial charge in [-0.15, -0.1) is 0 Å². The predicted molar refractivity (Wildman–Crippen MR) is 89.8 cm³/mol. The van der Waals surface area contributed by atoms with Gasteiger partial charge in [-0.1, -0.05) is 33.1 Å². The maximum Gasteiger partial charge on any atom is 0.161 e. The summed E-state index contributed by atoms with van der Waals surface area (Å²) >= 11 is 0. The van der Waals surface area contributed by atoms with Crippen molar-refractivity contribution in [1.29, 1.82) is 0 Å². The largest absolute Gasteiger partial charge is 0.489 e. The SMILES string of the molecule is Cc1cc2c(cc1C1(CN)CCCCC1)OCC(C)(C)CO2. The van der Waals surface area contributed by atoms with Crippen molar-refractivity contribution in [3.63, 3.8) is 0 Å². The van der Waals surface area contributed by atoms with Gasteiger partial charge >= 0.3 is 0 Å². The van der Waals surface area contributed by atoms with Crippen LogP contribution in [0.25, 0.3) is 0 Å². The molecule has 3 nitrogen and oxygen atoms in total. The lowest BCUT2D eigenvalue weighted by Crippen LogP contribution is -2.37. The van der Waals surface area contributed by atoms with Gasteiger partial charge in [0, 0.05) is 17.4 Å². The van der Waals surface area contributed by atoms with Crippen molar-refractivity contribution in [2.45, 2.75) is 58.3 Å². The molecule has 0 aromatic heterocycles. The van der Waals surface area contributed by atoms with Gasteiger partial charge in [-0.2, -0.15) is 0 Å². The second-order valence-corrected chi connectivity index (χ2v) is 7.90. The molecule has 1 aliphatic carbocycles. The van der Waals surface area contributed by atoms with Gasteiger partial charge in [0.1, 0.15) is 0 Å². The number of hydrogen-bond donors (Lipinski definition) is 1. The maximum absolute atomic E-state index is 6.22. The molecule has 1 heterocycles. The molecule has 122 valence electrons. The molecule has 2 N–H and O–H groups in total. The number of benzene rings is 1. The minimum Gasteiger partial charge on any atom is -0.489 e. The molecule has 1 fully saturated rings.